The summed E-state index contributed by atoms with van der Waals surface area (Å²) in [6.07, 6.45) is 4.50. The SMILES string of the molecule is O=C(CCN1C(=O)CCC1=O)Nc1ccc(-c2cn3ccsc3n2)cc1. The number of benzene rings is 1. The molecule has 4 rings (SSSR count). The van der Waals surface area contributed by atoms with Crippen LogP contribution in [-0.4, -0.2) is 38.6 Å². The zero-order valence-electron chi connectivity index (χ0n) is 13.8. The lowest BCUT2D eigenvalue weighted by atomic mass is 10.1. The monoisotopic (exact) mass is 368 g/mol. The molecule has 0 radical (unpaired) electrons. The largest absolute Gasteiger partial charge is 0.326 e. The Balaban J connectivity index is 1.36. The Hall–Kier alpha value is -3.00. The number of hydrogen-bond donors (Lipinski definition) is 1. The fraction of sp³-hybridized carbons (Fsp3) is 0.222. The van der Waals surface area contributed by atoms with E-state index in [2.05, 4.69) is 10.3 Å². The minimum atomic E-state index is -0.229. The Bertz CT molecular complexity index is 945. The Kier molecular flexibility index (Phi) is 4.26. The molecule has 3 amide bonds. The number of imide groups is 1. The van der Waals surface area contributed by atoms with Gasteiger partial charge in [0.25, 0.3) is 0 Å². The number of carbonyl (C=O) groups excluding carboxylic acids is 3. The summed E-state index contributed by atoms with van der Waals surface area (Å²) in [5.74, 6) is -0.632. The van der Waals surface area contributed by atoms with Crippen molar-refractivity contribution in [1.29, 1.82) is 0 Å². The molecule has 0 bridgehead atoms. The number of anilines is 1. The molecule has 26 heavy (non-hydrogen) atoms. The smallest absolute Gasteiger partial charge is 0.229 e. The summed E-state index contributed by atoms with van der Waals surface area (Å²) in [5, 5.41) is 4.76. The molecule has 1 aliphatic rings. The van der Waals surface area contributed by atoms with E-state index in [9.17, 15) is 14.4 Å². The average molecular weight is 368 g/mol. The second kappa shape index (κ2) is 6.72. The maximum atomic E-state index is 12.0. The van der Waals surface area contributed by atoms with Crippen molar-refractivity contribution in [3.05, 3.63) is 42.0 Å². The summed E-state index contributed by atoms with van der Waals surface area (Å²) in [6, 6.07) is 7.42. The summed E-state index contributed by atoms with van der Waals surface area (Å²) in [5.41, 5.74) is 2.51. The third-order valence-corrected chi connectivity index (χ3v) is 5.05. The predicted octanol–water partition coefficient (Wildman–Crippen LogP) is 2.54. The highest BCUT2D eigenvalue weighted by Gasteiger charge is 2.28. The second-order valence-electron chi connectivity index (χ2n) is 6.03. The van der Waals surface area contributed by atoms with E-state index in [1.165, 1.54) is 0 Å². The van der Waals surface area contributed by atoms with Crippen LogP contribution < -0.4 is 5.32 Å². The number of amides is 3. The Labute approximate surface area is 153 Å². The number of aromatic nitrogens is 2. The van der Waals surface area contributed by atoms with Crippen molar-refractivity contribution >= 4 is 39.7 Å². The number of fused-ring (bicyclic) bond motifs is 1. The van der Waals surface area contributed by atoms with Gasteiger partial charge in [-0.25, -0.2) is 4.98 Å². The topological polar surface area (TPSA) is 83.8 Å². The van der Waals surface area contributed by atoms with E-state index in [0.29, 0.717) is 5.69 Å². The third-order valence-electron chi connectivity index (χ3n) is 4.27. The van der Waals surface area contributed by atoms with Gasteiger partial charge in [0.05, 0.1) is 5.69 Å². The molecule has 1 saturated heterocycles. The van der Waals surface area contributed by atoms with Crippen molar-refractivity contribution in [1.82, 2.24) is 14.3 Å². The van der Waals surface area contributed by atoms with E-state index in [-0.39, 0.29) is 43.5 Å². The number of thiazole rings is 1. The number of rotatable bonds is 5. The summed E-state index contributed by atoms with van der Waals surface area (Å²) in [6.45, 7) is 0.132. The molecule has 7 nitrogen and oxygen atoms in total. The molecule has 0 saturated carbocycles. The van der Waals surface area contributed by atoms with Gasteiger partial charge in [0.2, 0.25) is 17.7 Å². The van der Waals surface area contributed by atoms with Gasteiger partial charge in [0.15, 0.2) is 4.96 Å². The quantitative estimate of drug-likeness (QED) is 0.702. The maximum Gasteiger partial charge on any atom is 0.229 e. The van der Waals surface area contributed by atoms with Gasteiger partial charge in [0.1, 0.15) is 0 Å². The molecule has 1 N–H and O–H groups in total. The van der Waals surface area contributed by atoms with Crippen LogP contribution >= 0.6 is 11.3 Å². The molecule has 8 heteroatoms. The van der Waals surface area contributed by atoms with Crippen LogP contribution in [0.5, 0.6) is 0 Å². The van der Waals surface area contributed by atoms with Crippen molar-refractivity contribution in [2.45, 2.75) is 19.3 Å². The third kappa shape index (κ3) is 3.23. The number of likely N-dealkylation sites (tertiary alicyclic amines) is 1. The van der Waals surface area contributed by atoms with Crippen LogP contribution in [0.4, 0.5) is 5.69 Å². The first-order chi connectivity index (χ1) is 12.6. The van der Waals surface area contributed by atoms with Crippen LogP contribution in [-0.2, 0) is 14.4 Å². The first kappa shape index (κ1) is 16.5. The van der Waals surface area contributed by atoms with E-state index in [1.54, 1.807) is 11.3 Å². The minimum absolute atomic E-state index is 0.0938. The molecule has 132 valence electrons. The number of hydrogen-bond acceptors (Lipinski definition) is 5. The number of nitrogens with one attached hydrogen (secondary N) is 1. The zero-order valence-corrected chi connectivity index (χ0v) is 14.7. The molecule has 1 fully saturated rings. The molecule has 2 aromatic heterocycles. The minimum Gasteiger partial charge on any atom is -0.326 e. The number of imidazole rings is 1. The average Bonchev–Trinajstić information content (AvgIpc) is 3.30. The molecule has 1 aromatic carbocycles. The highest BCUT2D eigenvalue weighted by Crippen LogP contribution is 2.23. The summed E-state index contributed by atoms with van der Waals surface area (Å²) < 4.78 is 1.97. The van der Waals surface area contributed by atoms with Crippen molar-refractivity contribution in [3.63, 3.8) is 0 Å². The van der Waals surface area contributed by atoms with Gasteiger partial charge in [-0.3, -0.25) is 23.7 Å². The highest BCUT2D eigenvalue weighted by molar-refractivity contribution is 7.15. The van der Waals surface area contributed by atoms with Gasteiger partial charge in [0, 0.05) is 54.8 Å². The summed E-state index contributed by atoms with van der Waals surface area (Å²) in [7, 11) is 0. The maximum absolute atomic E-state index is 12.0. The van der Waals surface area contributed by atoms with Crippen molar-refractivity contribution in [2.75, 3.05) is 11.9 Å². The lowest BCUT2D eigenvalue weighted by Gasteiger charge is -2.13. The number of carbonyl (C=O) groups is 3. The number of nitrogens with zero attached hydrogens (tertiary/aromatic N) is 3. The molecule has 3 aromatic rings. The normalized spacial score (nSPS) is 14.4. The summed E-state index contributed by atoms with van der Waals surface area (Å²) in [4.78, 5) is 41.8. The van der Waals surface area contributed by atoms with E-state index >= 15 is 0 Å². The predicted molar refractivity (Wildman–Crippen MR) is 97.7 cm³/mol. The zero-order chi connectivity index (χ0) is 18.1. The fourth-order valence-electron chi connectivity index (χ4n) is 2.90. The van der Waals surface area contributed by atoms with Crippen molar-refractivity contribution in [2.24, 2.45) is 0 Å². The van der Waals surface area contributed by atoms with Crippen LogP contribution in [0.25, 0.3) is 16.2 Å². The van der Waals surface area contributed by atoms with E-state index in [1.807, 2.05) is 46.4 Å². The molecule has 1 aliphatic heterocycles. The van der Waals surface area contributed by atoms with Crippen LogP contribution in [0, 0.1) is 0 Å². The molecule has 0 atom stereocenters. The van der Waals surface area contributed by atoms with Crippen LogP contribution in [0.3, 0.4) is 0 Å². The van der Waals surface area contributed by atoms with E-state index in [4.69, 9.17) is 0 Å². The molecular weight excluding hydrogens is 352 g/mol. The Morgan fingerprint density at radius 1 is 1.15 bits per heavy atom. The fourth-order valence-corrected chi connectivity index (χ4v) is 3.60. The lowest BCUT2D eigenvalue weighted by Crippen LogP contribution is -2.32. The Morgan fingerprint density at radius 2 is 1.88 bits per heavy atom. The van der Waals surface area contributed by atoms with Gasteiger partial charge in [-0.05, 0) is 12.1 Å². The van der Waals surface area contributed by atoms with E-state index in [0.717, 1.165) is 21.1 Å². The van der Waals surface area contributed by atoms with Crippen molar-refractivity contribution < 1.29 is 14.4 Å². The first-order valence-electron chi connectivity index (χ1n) is 8.26. The molecule has 0 unspecified atom stereocenters. The standard InChI is InChI=1S/C18H16N4O3S/c23-15(7-8-22-16(24)5-6-17(22)25)19-13-3-1-12(2-4-13)14-11-21-9-10-26-18(21)20-14/h1-4,9-11H,5-8H2,(H,19,23). The van der Waals surface area contributed by atoms with Gasteiger partial charge in [-0.1, -0.05) is 12.1 Å². The van der Waals surface area contributed by atoms with Gasteiger partial charge in [-0.2, -0.15) is 0 Å². The van der Waals surface area contributed by atoms with Crippen LogP contribution in [0.15, 0.2) is 42.0 Å². The summed E-state index contributed by atoms with van der Waals surface area (Å²) >= 11 is 1.57. The lowest BCUT2D eigenvalue weighted by molar-refractivity contribution is -0.138. The van der Waals surface area contributed by atoms with Crippen LogP contribution in [0.1, 0.15) is 19.3 Å². The van der Waals surface area contributed by atoms with Gasteiger partial charge < -0.3 is 5.32 Å². The van der Waals surface area contributed by atoms with E-state index < -0.39 is 0 Å². The molecular formula is C18H16N4O3S. The molecule has 0 spiro atoms. The first-order valence-corrected chi connectivity index (χ1v) is 9.14. The molecule has 0 aliphatic carbocycles. The van der Waals surface area contributed by atoms with Crippen molar-refractivity contribution in [3.8, 4) is 11.3 Å². The second-order valence-corrected chi connectivity index (χ2v) is 6.91. The van der Waals surface area contributed by atoms with Gasteiger partial charge >= 0.3 is 0 Å². The van der Waals surface area contributed by atoms with Gasteiger partial charge in [-0.15, -0.1) is 11.3 Å². The molecule has 3 heterocycles. The van der Waals surface area contributed by atoms with Crippen LogP contribution in [0.2, 0.25) is 0 Å². The Morgan fingerprint density at radius 3 is 2.58 bits per heavy atom. The highest BCUT2D eigenvalue weighted by atomic mass is 32.1.